The number of aromatic nitrogens is 9. The van der Waals surface area contributed by atoms with Gasteiger partial charge in [0.15, 0.2) is 31.0 Å². The average molecular weight is 1720 g/mol. The van der Waals surface area contributed by atoms with Gasteiger partial charge in [-0.2, -0.15) is 22.8 Å². The molecule has 0 atom stereocenters. The van der Waals surface area contributed by atoms with Gasteiger partial charge < -0.3 is 0 Å². The number of nitrogens with zero attached hydrogens (tertiary/aromatic N) is 9. The van der Waals surface area contributed by atoms with E-state index >= 15 is 0 Å². The van der Waals surface area contributed by atoms with Crippen molar-refractivity contribution in [1.82, 2.24) is 19.9 Å². The van der Waals surface area contributed by atoms with E-state index < -0.39 is 0 Å². The molecular weight excluding hydrogens is 1630 g/mol. The van der Waals surface area contributed by atoms with E-state index in [0.717, 1.165) is 32.4 Å². The first-order valence-electron chi connectivity index (χ1n) is 42.5. The van der Waals surface area contributed by atoms with Crippen LogP contribution in [0.3, 0.4) is 0 Å². The van der Waals surface area contributed by atoms with E-state index in [1.807, 2.05) is 63.8 Å². The molecule has 606 valence electrons. The summed E-state index contributed by atoms with van der Waals surface area (Å²) in [4.78, 5) is 20.2. The molecule has 0 unspecified atom stereocenters. The highest BCUT2D eigenvalue weighted by atomic mass is 32.1. The molecular formula is C112H88N9S5+5. The molecule has 0 spiro atoms. The first-order valence-corrected chi connectivity index (χ1v) is 46.6. The first-order chi connectivity index (χ1) is 61.5. The molecule has 126 heavy (non-hydrogen) atoms. The van der Waals surface area contributed by atoms with Gasteiger partial charge in [0.1, 0.15) is 63.6 Å². The van der Waals surface area contributed by atoms with E-state index in [9.17, 15) is 0 Å². The van der Waals surface area contributed by atoms with Crippen LogP contribution in [0.5, 0.6) is 0 Å². The van der Waals surface area contributed by atoms with Crippen molar-refractivity contribution in [1.29, 1.82) is 0 Å². The van der Waals surface area contributed by atoms with Gasteiger partial charge in [-0.3, -0.25) is 4.98 Å². The molecule has 0 saturated carbocycles. The lowest BCUT2D eigenvalue weighted by molar-refractivity contribution is -0.659. The molecule has 14 heterocycles. The van der Waals surface area contributed by atoms with E-state index in [4.69, 9.17) is 15.0 Å². The molecule has 0 aliphatic rings. The number of pyridine rings is 9. The number of fused-ring (bicyclic) bond motifs is 21. The van der Waals surface area contributed by atoms with Crippen LogP contribution in [-0.4, -0.2) is 19.9 Å². The number of aryl methyl sites for hydroxylation is 11. The summed E-state index contributed by atoms with van der Waals surface area (Å²) < 4.78 is 23.0. The second-order valence-corrected chi connectivity index (χ2v) is 38.2. The highest BCUT2D eigenvalue weighted by Gasteiger charge is 2.28. The fourth-order valence-corrected chi connectivity index (χ4v) is 24.7. The van der Waals surface area contributed by atoms with E-state index in [1.165, 1.54) is 213 Å². The Labute approximate surface area is 749 Å². The van der Waals surface area contributed by atoms with Gasteiger partial charge in [-0.1, -0.05) is 175 Å². The maximum absolute atomic E-state index is 4.97. The summed E-state index contributed by atoms with van der Waals surface area (Å²) in [6.45, 7) is 13.1. The lowest BCUT2D eigenvalue weighted by Gasteiger charge is -2.06. The number of para-hydroxylation sites is 3. The molecule has 14 aromatic heterocycles. The van der Waals surface area contributed by atoms with E-state index in [2.05, 4.69) is 421 Å². The molecule has 0 bridgehead atoms. The van der Waals surface area contributed by atoms with Crippen LogP contribution in [0.25, 0.3) is 212 Å². The molecule has 0 aliphatic heterocycles. The van der Waals surface area contributed by atoms with Crippen molar-refractivity contribution in [3.8, 4) is 56.3 Å². The van der Waals surface area contributed by atoms with Gasteiger partial charge in [0, 0.05) is 117 Å². The Balaban J connectivity index is 0.0000000961. The predicted molar refractivity (Wildman–Crippen MR) is 537 cm³/mol. The van der Waals surface area contributed by atoms with Crippen LogP contribution in [0, 0.1) is 41.5 Å². The van der Waals surface area contributed by atoms with Crippen LogP contribution in [0.1, 0.15) is 33.4 Å². The van der Waals surface area contributed by atoms with Gasteiger partial charge in [0.2, 0.25) is 28.5 Å². The molecule has 0 saturated heterocycles. The van der Waals surface area contributed by atoms with E-state index in [-0.39, 0.29) is 0 Å². The van der Waals surface area contributed by atoms with Gasteiger partial charge in [-0.15, -0.1) is 56.7 Å². The Morgan fingerprint density at radius 1 is 0.238 bits per heavy atom. The Morgan fingerprint density at radius 2 is 0.611 bits per heavy atom. The smallest absolute Gasteiger partial charge is 0.230 e. The van der Waals surface area contributed by atoms with Crippen molar-refractivity contribution in [2.24, 2.45) is 35.2 Å². The summed E-state index contributed by atoms with van der Waals surface area (Å²) in [5.74, 6) is 0. The molecule has 0 aliphatic carbocycles. The molecule has 14 heteroatoms. The zero-order valence-corrected chi connectivity index (χ0v) is 75.9. The van der Waals surface area contributed by atoms with Crippen molar-refractivity contribution in [2.45, 2.75) is 41.5 Å². The van der Waals surface area contributed by atoms with Crippen LogP contribution in [0.2, 0.25) is 0 Å². The Kier molecular flexibility index (Phi) is 20.6. The standard InChI is InChI=1S/C23H19N2S.C23H18NS.3C22H17N2S/c1-14-8-9-17(15(2)12-14)22-23-18(10-11-25(22)3)21-20(26-23)13-16-6-4-5-7-19(16)24-21;1-15-7-3-5-9-17(15)22-23-19(13-14-24(22)2)21-18-10-6-4-8-16(18)11-12-20(21)25-23;1-14-7-3-5-9-16(14)20-21-17(11-12-24(20)2)18-13-15-8-4-6-10-19(15)23-22(18)25-21;1-14-7-3-5-9-16(14)21-22-17(11-12-24(21)2)20-19(25-22)13-15-8-4-6-10-18(15)23-20;1-14-5-3-4-6-17(14)21-22-18(8-10-24(21)2)19-11-16-13-23-9-7-15(16)12-20(19)25-22/h4-13H,1-3H3;3-14H,1-2H3;3*3-13H,1-2H3/q5*+1. The van der Waals surface area contributed by atoms with Crippen LogP contribution < -0.4 is 22.8 Å². The lowest BCUT2D eigenvalue weighted by atomic mass is 10.0. The van der Waals surface area contributed by atoms with Gasteiger partial charge >= 0.3 is 0 Å². The molecule has 0 N–H and O–H groups in total. The maximum Gasteiger partial charge on any atom is 0.230 e. The van der Waals surface area contributed by atoms with Crippen LogP contribution in [0.4, 0.5) is 0 Å². The van der Waals surface area contributed by atoms with Crippen molar-refractivity contribution in [2.75, 3.05) is 0 Å². The van der Waals surface area contributed by atoms with Crippen LogP contribution in [0.15, 0.2) is 335 Å². The summed E-state index contributed by atoms with van der Waals surface area (Å²) >= 11 is 9.25. The molecule has 9 nitrogen and oxygen atoms in total. The van der Waals surface area contributed by atoms with Crippen molar-refractivity contribution in [3.05, 3.63) is 368 Å². The first kappa shape index (κ1) is 79.4. The number of hydrogen-bond acceptors (Lipinski definition) is 9. The molecule has 0 radical (unpaired) electrons. The summed E-state index contributed by atoms with van der Waals surface area (Å²) in [5.41, 5.74) is 26.1. The third kappa shape index (κ3) is 14.2. The van der Waals surface area contributed by atoms with Crippen molar-refractivity contribution >= 4 is 212 Å². The highest BCUT2D eigenvalue weighted by Crippen LogP contribution is 2.47. The Bertz CT molecular complexity index is 8240. The largest absolute Gasteiger partial charge is 0.264 e. The third-order valence-corrected chi connectivity index (χ3v) is 30.5. The molecule has 25 aromatic rings. The van der Waals surface area contributed by atoms with Crippen LogP contribution >= 0.6 is 56.7 Å². The number of rotatable bonds is 5. The topological polar surface area (TPSA) is 71.0 Å². The Morgan fingerprint density at radius 3 is 1.11 bits per heavy atom. The van der Waals surface area contributed by atoms with E-state index in [1.54, 1.807) is 11.3 Å². The van der Waals surface area contributed by atoms with Crippen LogP contribution in [-0.2, 0) is 35.2 Å². The minimum atomic E-state index is 1.06. The number of thiophene rings is 5. The van der Waals surface area contributed by atoms with Gasteiger partial charge in [-0.05, 0) is 177 Å². The number of benzene rings is 11. The average Bonchev–Trinajstić information content (AvgIpc) is 1.60. The van der Waals surface area contributed by atoms with Crippen molar-refractivity contribution in [3.63, 3.8) is 0 Å². The SMILES string of the molecule is Cc1ccc(-c2c3sc4cc5ccccc5nc4c3cc[n+]2C)c(C)c1.Cc1ccccc1-c1c2sc3cc4ccccc4nc3c2cc[n+]1C.Cc1ccccc1-c1c2sc3cc4ccncc4cc3c2cc[n+]1C.Cc1ccccc1-c1c2sc3ccc4ccccc4c3c2cc[n+]1C.Cc1ccccc1-c1c2sc3nc4ccccc4cc3c2cc[n+]1C. The minimum Gasteiger partial charge on any atom is -0.264 e. The lowest BCUT2D eigenvalue weighted by Crippen LogP contribution is -2.30. The molecule has 0 amide bonds. The quantitative estimate of drug-likeness (QED) is 0.161. The monoisotopic (exact) mass is 1720 g/mol. The molecule has 0 fully saturated rings. The zero-order valence-electron chi connectivity index (χ0n) is 71.8. The number of hydrogen-bond donors (Lipinski definition) is 0. The second-order valence-electron chi connectivity index (χ2n) is 33.0. The van der Waals surface area contributed by atoms with Gasteiger partial charge in [0.25, 0.3) is 0 Å². The van der Waals surface area contributed by atoms with Gasteiger partial charge in [0.05, 0.1) is 64.8 Å². The fraction of sp³-hybridized carbons (Fsp3) is 0.0982. The fourth-order valence-electron chi connectivity index (χ4n) is 18.3. The maximum atomic E-state index is 4.97. The zero-order chi connectivity index (χ0) is 85.7. The summed E-state index contributed by atoms with van der Waals surface area (Å²) in [5, 5.41) is 19.1. The van der Waals surface area contributed by atoms with Crippen molar-refractivity contribution < 1.29 is 22.8 Å². The Hall–Kier alpha value is -13.8. The second kappa shape index (κ2) is 32.7. The summed E-state index contributed by atoms with van der Waals surface area (Å²) in [6, 6.07) is 104. The predicted octanol–water partition coefficient (Wildman–Crippen LogP) is 27.9. The van der Waals surface area contributed by atoms with Gasteiger partial charge in [-0.25, -0.2) is 15.0 Å². The normalized spacial score (nSPS) is 11.6. The third-order valence-electron chi connectivity index (χ3n) is 24.7. The van der Waals surface area contributed by atoms with E-state index in [0.29, 0.717) is 0 Å². The minimum absolute atomic E-state index is 1.06. The molecule has 25 rings (SSSR count). The summed E-state index contributed by atoms with van der Waals surface area (Å²) in [6.07, 6.45) is 14.6. The molecule has 11 aromatic carbocycles. The highest BCUT2D eigenvalue weighted by molar-refractivity contribution is 7.28. The summed E-state index contributed by atoms with van der Waals surface area (Å²) in [7, 11) is 10.6.